The molecule has 0 unspecified atom stereocenters. The van der Waals surface area contributed by atoms with E-state index in [1.54, 1.807) is 24.3 Å². The Balaban J connectivity index is 1.60. The topological polar surface area (TPSA) is 89.0 Å². The third kappa shape index (κ3) is 7.60. The highest BCUT2D eigenvalue weighted by molar-refractivity contribution is 5.78. The van der Waals surface area contributed by atoms with Gasteiger partial charge >= 0.3 is 12.1 Å². The average molecular weight is 452 g/mol. The molecule has 0 fully saturated rings. The van der Waals surface area contributed by atoms with Crippen molar-refractivity contribution in [3.8, 4) is 11.5 Å². The van der Waals surface area contributed by atoms with Gasteiger partial charge in [-0.1, -0.05) is 25.1 Å². The molecule has 0 radical (unpaired) electrons. The van der Waals surface area contributed by atoms with Crippen LogP contribution in [-0.4, -0.2) is 40.2 Å². The Hall–Kier alpha value is -3.94. The van der Waals surface area contributed by atoms with Gasteiger partial charge in [-0.25, -0.2) is 9.18 Å². The maximum atomic E-state index is 13.1. The van der Waals surface area contributed by atoms with Crippen molar-refractivity contribution >= 4 is 12.1 Å². The van der Waals surface area contributed by atoms with Gasteiger partial charge in [0.1, 0.15) is 23.9 Å². The van der Waals surface area contributed by atoms with E-state index in [0.717, 1.165) is 29.1 Å². The quantitative estimate of drug-likeness (QED) is 0.488. The molecule has 0 atom stereocenters. The fraction of sp³-hybridized carbons (Fsp3) is 0.240. The SMILES string of the molecule is CCc1ccc(CCOc2cccc(CN(CC(=O)O)C(=O)Oc3ccc(F)cc3)c2)nc1. The van der Waals surface area contributed by atoms with Gasteiger partial charge in [0.2, 0.25) is 0 Å². The molecule has 1 heterocycles. The van der Waals surface area contributed by atoms with Crippen molar-refractivity contribution in [1.29, 1.82) is 0 Å². The molecule has 0 saturated carbocycles. The zero-order valence-electron chi connectivity index (χ0n) is 18.2. The number of aryl methyl sites for hydroxylation is 1. The van der Waals surface area contributed by atoms with Crippen molar-refractivity contribution < 1.29 is 28.6 Å². The van der Waals surface area contributed by atoms with Crippen LogP contribution >= 0.6 is 0 Å². The Morgan fingerprint density at radius 3 is 2.48 bits per heavy atom. The molecule has 1 aromatic heterocycles. The molecule has 0 spiro atoms. The molecule has 8 heteroatoms. The van der Waals surface area contributed by atoms with E-state index in [-0.39, 0.29) is 12.3 Å². The number of hydrogen-bond acceptors (Lipinski definition) is 5. The lowest BCUT2D eigenvalue weighted by Crippen LogP contribution is -2.37. The lowest BCUT2D eigenvalue weighted by Gasteiger charge is -2.20. The Morgan fingerprint density at radius 1 is 1.03 bits per heavy atom. The number of rotatable bonds is 10. The number of aliphatic carboxylic acids is 1. The van der Waals surface area contributed by atoms with Crippen LogP contribution in [0, 0.1) is 5.82 Å². The van der Waals surface area contributed by atoms with Gasteiger partial charge in [-0.05, 0) is 60.0 Å². The number of ether oxygens (including phenoxy) is 2. The number of nitrogens with zero attached hydrogens (tertiary/aromatic N) is 2. The Labute approximate surface area is 191 Å². The highest BCUT2D eigenvalue weighted by Crippen LogP contribution is 2.17. The molecule has 1 N–H and O–H groups in total. The minimum absolute atomic E-state index is 0.00354. The monoisotopic (exact) mass is 452 g/mol. The van der Waals surface area contributed by atoms with E-state index in [0.29, 0.717) is 24.3 Å². The third-order valence-corrected chi connectivity index (χ3v) is 4.80. The molecule has 172 valence electrons. The summed E-state index contributed by atoms with van der Waals surface area (Å²) in [6, 6.07) is 16.0. The van der Waals surface area contributed by atoms with Gasteiger partial charge in [0, 0.05) is 24.9 Å². The van der Waals surface area contributed by atoms with Crippen LogP contribution < -0.4 is 9.47 Å². The Kier molecular flexibility index (Phi) is 8.35. The Bertz CT molecular complexity index is 1070. The van der Waals surface area contributed by atoms with Crippen molar-refractivity contribution in [2.75, 3.05) is 13.2 Å². The number of hydrogen-bond donors (Lipinski definition) is 1. The van der Waals surface area contributed by atoms with Crippen LogP contribution in [-0.2, 0) is 24.2 Å². The van der Waals surface area contributed by atoms with Crippen LogP contribution in [0.3, 0.4) is 0 Å². The summed E-state index contributed by atoms with van der Waals surface area (Å²) in [5.74, 6) is -0.933. The van der Waals surface area contributed by atoms with Gasteiger partial charge in [0.15, 0.2) is 0 Å². The highest BCUT2D eigenvalue weighted by atomic mass is 19.1. The largest absolute Gasteiger partial charge is 0.493 e. The van der Waals surface area contributed by atoms with Crippen molar-refractivity contribution in [3.63, 3.8) is 0 Å². The standard InChI is InChI=1S/C25H25FN2O5/c1-2-18-6-9-21(27-15-18)12-13-32-23-5-3-4-19(14-23)16-28(17-24(29)30)25(31)33-22-10-7-20(26)8-11-22/h3-11,14-15H,2,12-13,16-17H2,1H3,(H,29,30). The number of carbonyl (C=O) groups is 2. The number of carboxylic acids is 1. The molecule has 0 bridgehead atoms. The highest BCUT2D eigenvalue weighted by Gasteiger charge is 2.20. The summed E-state index contributed by atoms with van der Waals surface area (Å²) in [7, 11) is 0. The molecule has 0 saturated heterocycles. The Morgan fingerprint density at radius 2 is 1.82 bits per heavy atom. The van der Waals surface area contributed by atoms with E-state index in [2.05, 4.69) is 11.9 Å². The van der Waals surface area contributed by atoms with E-state index in [4.69, 9.17) is 9.47 Å². The summed E-state index contributed by atoms with van der Waals surface area (Å²) in [6.45, 7) is 1.95. The zero-order valence-corrected chi connectivity index (χ0v) is 18.2. The van der Waals surface area contributed by atoms with Crippen LogP contribution in [0.1, 0.15) is 23.7 Å². The lowest BCUT2D eigenvalue weighted by atomic mass is 10.2. The van der Waals surface area contributed by atoms with Crippen LogP contribution in [0.25, 0.3) is 0 Å². The summed E-state index contributed by atoms with van der Waals surface area (Å²) < 4.78 is 24.0. The van der Waals surface area contributed by atoms with Gasteiger partial charge in [0.05, 0.1) is 6.61 Å². The third-order valence-electron chi connectivity index (χ3n) is 4.80. The second-order valence-corrected chi connectivity index (χ2v) is 7.33. The average Bonchev–Trinajstić information content (AvgIpc) is 2.80. The van der Waals surface area contributed by atoms with Gasteiger partial charge < -0.3 is 14.6 Å². The van der Waals surface area contributed by atoms with Crippen molar-refractivity contribution in [2.24, 2.45) is 0 Å². The first-order valence-corrected chi connectivity index (χ1v) is 10.5. The molecular formula is C25H25FN2O5. The second kappa shape index (κ2) is 11.6. The van der Waals surface area contributed by atoms with E-state index < -0.39 is 24.4 Å². The maximum Gasteiger partial charge on any atom is 0.416 e. The smallest absolute Gasteiger partial charge is 0.416 e. The molecule has 0 aliphatic carbocycles. The van der Waals surface area contributed by atoms with E-state index >= 15 is 0 Å². The first-order chi connectivity index (χ1) is 15.9. The molecule has 7 nitrogen and oxygen atoms in total. The van der Waals surface area contributed by atoms with Gasteiger partial charge in [-0.3, -0.25) is 14.7 Å². The lowest BCUT2D eigenvalue weighted by molar-refractivity contribution is -0.138. The van der Waals surface area contributed by atoms with Crippen molar-refractivity contribution in [3.05, 3.63) is 89.5 Å². The van der Waals surface area contributed by atoms with Gasteiger partial charge in [0.25, 0.3) is 0 Å². The molecule has 2 aromatic carbocycles. The van der Waals surface area contributed by atoms with Gasteiger partial charge in [-0.2, -0.15) is 0 Å². The van der Waals surface area contributed by atoms with Crippen molar-refractivity contribution in [1.82, 2.24) is 9.88 Å². The number of carboxylic acid groups (broad SMARTS) is 1. The molecule has 0 aliphatic heterocycles. The van der Waals surface area contributed by atoms with Crippen LogP contribution in [0.2, 0.25) is 0 Å². The van der Waals surface area contributed by atoms with E-state index in [1.165, 1.54) is 17.7 Å². The summed E-state index contributed by atoms with van der Waals surface area (Å²) in [4.78, 5) is 29.2. The molecular weight excluding hydrogens is 427 g/mol. The predicted molar refractivity (Wildman–Crippen MR) is 120 cm³/mol. The molecule has 1 amide bonds. The van der Waals surface area contributed by atoms with E-state index in [9.17, 15) is 19.1 Å². The fourth-order valence-electron chi connectivity index (χ4n) is 3.06. The molecule has 0 aliphatic rings. The van der Waals surface area contributed by atoms with Crippen molar-refractivity contribution in [2.45, 2.75) is 26.3 Å². The minimum atomic E-state index is -1.18. The molecule has 33 heavy (non-hydrogen) atoms. The number of amides is 1. The van der Waals surface area contributed by atoms with E-state index in [1.807, 2.05) is 18.3 Å². The number of halogens is 1. The second-order valence-electron chi connectivity index (χ2n) is 7.33. The normalized spacial score (nSPS) is 10.5. The number of benzene rings is 2. The maximum absolute atomic E-state index is 13.1. The number of carbonyl (C=O) groups excluding carboxylic acids is 1. The minimum Gasteiger partial charge on any atom is -0.493 e. The van der Waals surface area contributed by atoms with Crippen LogP contribution in [0.5, 0.6) is 11.5 Å². The fourth-order valence-corrected chi connectivity index (χ4v) is 3.06. The summed E-state index contributed by atoms with van der Waals surface area (Å²) in [5, 5.41) is 9.20. The first kappa shape index (κ1) is 23.7. The first-order valence-electron chi connectivity index (χ1n) is 10.5. The summed E-state index contributed by atoms with van der Waals surface area (Å²) in [6.07, 6.45) is 2.59. The summed E-state index contributed by atoms with van der Waals surface area (Å²) >= 11 is 0. The zero-order chi connectivity index (χ0) is 23.6. The predicted octanol–water partition coefficient (Wildman–Crippen LogP) is 4.49. The molecule has 3 aromatic rings. The van der Waals surface area contributed by atoms with Crippen LogP contribution in [0.15, 0.2) is 66.9 Å². The number of pyridine rings is 1. The molecule has 3 rings (SSSR count). The van der Waals surface area contributed by atoms with Gasteiger partial charge in [-0.15, -0.1) is 0 Å². The summed E-state index contributed by atoms with van der Waals surface area (Å²) in [5.41, 5.74) is 2.78. The number of aromatic nitrogens is 1. The van der Waals surface area contributed by atoms with Crippen LogP contribution in [0.4, 0.5) is 9.18 Å².